The quantitative estimate of drug-likeness (QED) is 0.779. The Morgan fingerprint density at radius 1 is 1.33 bits per heavy atom. The molecule has 1 amide bonds. The molecule has 8 heteroatoms. The number of hydrogen-bond acceptors (Lipinski definition) is 5. The van der Waals surface area contributed by atoms with Gasteiger partial charge in [0.25, 0.3) is 5.91 Å². The highest BCUT2D eigenvalue weighted by molar-refractivity contribution is 7.18. The number of rotatable bonds is 4. The van der Waals surface area contributed by atoms with E-state index in [4.69, 9.17) is 27.9 Å². The number of hydrogen-bond donors (Lipinski definition) is 1. The van der Waals surface area contributed by atoms with Crippen LogP contribution in [0.3, 0.4) is 0 Å². The molecule has 2 rings (SSSR count). The molecule has 0 aliphatic heterocycles. The van der Waals surface area contributed by atoms with Crippen LogP contribution < -0.4 is 5.32 Å². The van der Waals surface area contributed by atoms with Crippen molar-refractivity contribution in [3.05, 3.63) is 49.8 Å². The Kier molecular flexibility index (Phi) is 5.84. The number of carbonyl (C=O) groups excluding carboxylic acids is 2. The van der Waals surface area contributed by atoms with Gasteiger partial charge in [-0.1, -0.05) is 29.3 Å². The Morgan fingerprint density at radius 2 is 1.96 bits per heavy atom. The summed E-state index contributed by atoms with van der Waals surface area (Å²) in [7, 11) is 0. The van der Waals surface area contributed by atoms with Crippen molar-refractivity contribution in [2.24, 2.45) is 0 Å². The number of nitriles is 1. The first kappa shape index (κ1) is 18.3. The Hall–Kier alpha value is -2.07. The highest BCUT2D eigenvalue weighted by Gasteiger charge is 2.23. The zero-order valence-electron chi connectivity index (χ0n) is 12.8. The lowest BCUT2D eigenvalue weighted by molar-refractivity contribution is 0.0531. The predicted octanol–water partition coefficient (Wildman–Crippen LogP) is 4.66. The van der Waals surface area contributed by atoms with Crippen molar-refractivity contribution in [3.63, 3.8) is 0 Å². The van der Waals surface area contributed by atoms with Gasteiger partial charge in [0.2, 0.25) is 0 Å². The molecule has 0 aliphatic rings. The summed E-state index contributed by atoms with van der Waals surface area (Å²) in [6.07, 6.45) is 0. The molecule has 0 aliphatic carbocycles. The van der Waals surface area contributed by atoms with Crippen LogP contribution in [0.2, 0.25) is 10.0 Å². The maximum absolute atomic E-state index is 12.4. The molecule has 1 aromatic heterocycles. The molecule has 0 bridgehead atoms. The minimum atomic E-state index is -0.557. The second kappa shape index (κ2) is 7.67. The number of thiophene rings is 1. The van der Waals surface area contributed by atoms with E-state index in [1.165, 1.54) is 12.1 Å². The van der Waals surface area contributed by atoms with E-state index in [1.807, 2.05) is 6.07 Å². The molecule has 0 unspecified atom stereocenters. The van der Waals surface area contributed by atoms with Gasteiger partial charge in [-0.25, -0.2) is 4.79 Å². The third kappa shape index (κ3) is 3.54. The number of amides is 1. The third-order valence-corrected chi connectivity index (χ3v) is 4.95. The van der Waals surface area contributed by atoms with Gasteiger partial charge in [0.1, 0.15) is 15.9 Å². The molecule has 0 saturated heterocycles. The molecule has 1 aromatic carbocycles. The van der Waals surface area contributed by atoms with E-state index in [0.717, 1.165) is 11.3 Å². The van der Waals surface area contributed by atoms with Crippen molar-refractivity contribution >= 4 is 51.4 Å². The zero-order chi connectivity index (χ0) is 17.9. The molecule has 5 nitrogen and oxygen atoms in total. The minimum absolute atomic E-state index is 0.105. The maximum Gasteiger partial charge on any atom is 0.348 e. The molecule has 2 aromatic rings. The van der Waals surface area contributed by atoms with Gasteiger partial charge in [-0.05, 0) is 31.5 Å². The highest BCUT2D eigenvalue weighted by Crippen LogP contribution is 2.34. The van der Waals surface area contributed by atoms with Crippen molar-refractivity contribution in [2.45, 2.75) is 13.8 Å². The Labute approximate surface area is 152 Å². The minimum Gasteiger partial charge on any atom is -0.462 e. The zero-order valence-corrected chi connectivity index (χ0v) is 15.1. The maximum atomic E-state index is 12.4. The number of anilines is 1. The standard InChI is InChI=1S/C16H12Cl2N2O3S/c1-3-23-16(22)13-8(2)9(7-19)15(24-13)20-14(21)12-10(17)5-4-6-11(12)18/h4-6H,3H2,1-2H3,(H,20,21). The van der Waals surface area contributed by atoms with Crippen LogP contribution in [-0.4, -0.2) is 18.5 Å². The number of carbonyl (C=O) groups is 2. The molecule has 1 N–H and O–H groups in total. The molecular weight excluding hydrogens is 371 g/mol. The number of esters is 1. The van der Waals surface area contributed by atoms with Crippen LogP contribution in [0.5, 0.6) is 0 Å². The first-order valence-electron chi connectivity index (χ1n) is 6.86. The summed E-state index contributed by atoms with van der Waals surface area (Å²) < 4.78 is 4.96. The molecule has 24 heavy (non-hydrogen) atoms. The lowest BCUT2D eigenvalue weighted by Crippen LogP contribution is -2.13. The van der Waals surface area contributed by atoms with Gasteiger partial charge in [0.05, 0.1) is 27.8 Å². The summed E-state index contributed by atoms with van der Waals surface area (Å²) in [5.74, 6) is -1.09. The fraction of sp³-hybridized carbons (Fsp3) is 0.188. The van der Waals surface area contributed by atoms with E-state index < -0.39 is 11.9 Å². The van der Waals surface area contributed by atoms with Gasteiger partial charge in [0.15, 0.2) is 0 Å². The van der Waals surface area contributed by atoms with E-state index in [0.29, 0.717) is 5.56 Å². The second-order valence-corrected chi connectivity index (χ2v) is 6.48. The van der Waals surface area contributed by atoms with Crippen molar-refractivity contribution in [1.82, 2.24) is 0 Å². The summed E-state index contributed by atoms with van der Waals surface area (Å²) in [5, 5.41) is 12.5. The van der Waals surface area contributed by atoms with Gasteiger partial charge < -0.3 is 10.1 Å². The lowest BCUT2D eigenvalue weighted by Gasteiger charge is -2.07. The summed E-state index contributed by atoms with van der Waals surface area (Å²) >= 11 is 13.0. The molecule has 124 valence electrons. The Balaban J connectivity index is 2.40. The normalized spacial score (nSPS) is 10.1. The molecule has 0 fully saturated rings. The number of nitrogens with one attached hydrogen (secondary N) is 1. The van der Waals surface area contributed by atoms with Crippen LogP contribution in [0.25, 0.3) is 0 Å². The fourth-order valence-electron chi connectivity index (χ4n) is 2.01. The Morgan fingerprint density at radius 3 is 2.50 bits per heavy atom. The monoisotopic (exact) mass is 382 g/mol. The SMILES string of the molecule is CCOC(=O)c1sc(NC(=O)c2c(Cl)cccc2Cl)c(C#N)c1C. The number of ether oxygens (including phenoxy) is 1. The van der Waals surface area contributed by atoms with Gasteiger partial charge >= 0.3 is 5.97 Å². The average Bonchev–Trinajstić information content (AvgIpc) is 2.83. The van der Waals surface area contributed by atoms with Crippen molar-refractivity contribution in [1.29, 1.82) is 5.26 Å². The topological polar surface area (TPSA) is 79.2 Å². The van der Waals surface area contributed by atoms with E-state index in [9.17, 15) is 14.9 Å². The first-order chi connectivity index (χ1) is 11.4. The molecule has 0 spiro atoms. The Bertz CT molecular complexity index is 835. The van der Waals surface area contributed by atoms with Crippen LogP contribution in [0.1, 0.15) is 38.1 Å². The van der Waals surface area contributed by atoms with Crippen molar-refractivity contribution in [2.75, 3.05) is 11.9 Å². The number of benzene rings is 1. The van der Waals surface area contributed by atoms with Crippen LogP contribution in [0, 0.1) is 18.3 Å². The molecule has 1 heterocycles. The second-order valence-electron chi connectivity index (χ2n) is 4.64. The first-order valence-corrected chi connectivity index (χ1v) is 8.43. The lowest BCUT2D eigenvalue weighted by atomic mass is 10.1. The van der Waals surface area contributed by atoms with Crippen LogP contribution >= 0.6 is 34.5 Å². The van der Waals surface area contributed by atoms with Gasteiger partial charge in [-0.15, -0.1) is 11.3 Å². The molecule has 0 saturated carbocycles. The molecule has 0 radical (unpaired) electrons. The smallest absolute Gasteiger partial charge is 0.348 e. The van der Waals surface area contributed by atoms with Crippen molar-refractivity contribution in [3.8, 4) is 6.07 Å². The highest BCUT2D eigenvalue weighted by atomic mass is 35.5. The summed E-state index contributed by atoms with van der Waals surface area (Å²) in [6.45, 7) is 3.53. The van der Waals surface area contributed by atoms with Gasteiger partial charge in [-0.2, -0.15) is 5.26 Å². The number of nitrogens with zero attached hydrogens (tertiary/aromatic N) is 1. The molecule has 0 atom stereocenters. The van der Waals surface area contributed by atoms with Crippen LogP contribution in [0.15, 0.2) is 18.2 Å². The number of halogens is 2. The van der Waals surface area contributed by atoms with Crippen LogP contribution in [-0.2, 0) is 4.74 Å². The summed E-state index contributed by atoms with van der Waals surface area (Å²) in [4.78, 5) is 24.6. The average molecular weight is 383 g/mol. The van der Waals surface area contributed by atoms with Gasteiger partial charge in [-0.3, -0.25) is 4.79 Å². The summed E-state index contributed by atoms with van der Waals surface area (Å²) in [5.41, 5.74) is 0.773. The van der Waals surface area contributed by atoms with E-state index in [1.54, 1.807) is 19.9 Å². The van der Waals surface area contributed by atoms with Gasteiger partial charge in [0, 0.05) is 0 Å². The van der Waals surface area contributed by atoms with E-state index >= 15 is 0 Å². The fourth-order valence-corrected chi connectivity index (χ4v) is 3.62. The predicted molar refractivity (Wildman–Crippen MR) is 94.1 cm³/mol. The largest absolute Gasteiger partial charge is 0.462 e. The van der Waals surface area contributed by atoms with Crippen molar-refractivity contribution < 1.29 is 14.3 Å². The third-order valence-electron chi connectivity index (χ3n) is 3.14. The van der Waals surface area contributed by atoms with E-state index in [-0.39, 0.29) is 37.7 Å². The van der Waals surface area contributed by atoms with E-state index in [2.05, 4.69) is 5.32 Å². The van der Waals surface area contributed by atoms with Crippen LogP contribution in [0.4, 0.5) is 5.00 Å². The summed E-state index contributed by atoms with van der Waals surface area (Å²) in [6, 6.07) is 6.69. The molecular formula is C16H12Cl2N2O3S.